The van der Waals surface area contributed by atoms with Gasteiger partial charge in [0.05, 0.1) is 5.69 Å². The zero-order chi connectivity index (χ0) is 16.4. The van der Waals surface area contributed by atoms with E-state index in [0.717, 1.165) is 15.7 Å². The summed E-state index contributed by atoms with van der Waals surface area (Å²) in [7, 11) is 0. The second kappa shape index (κ2) is 6.42. The number of hydrogen-bond donors (Lipinski definition) is 1. The Hall–Kier alpha value is -2.34. The van der Waals surface area contributed by atoms with Gasteiger partial charge in [-0.15, -0.1) is 0 Å². The first-order valence-corrected chi connectivity index (χ1v) is 7.92. The first-order valence-electron chi connectivity index (χ1n) is 7.13. The van der Waals surface area contributed by atoms with Gasteiger partial charge in [0.1, 0.15) is 12.3 Å². The molecule has 0 spiro atoms. The van der Waals surface area contributed by atoms with E-state index >= 15 is 0 Å². The van der Waals surface area contributed by atoms with Crippen LogP contribution in [0.3, 0.4) is 0 Å². The van der Waals surface area contributed by atoms with Gasteiger partial charge in [0, 0.05) is 10.2 Å². The summed E-state index contributed by atoms with van der Waals surface area (Å²) >= 11 is 3.39. The molecular weight excluding hydrogens is 360 g/mol. The lowest BCUT2D eigenvalue weighted by Gasteiger charge is -2.28. The molecule has 0 bridgehead atoms. The van der Waals surface area contributed by atoms with E-state index in [2.05, 4.69) is 21.2 Å². The van der Waals surface area contributed by atoms with Crippen LogP contribution >= 0.6 is 15.9 Å². The molecular formula is C17H15BrN2O3. The van der Waals surface area contributed by atoms with E-state index in [1.54, 1.807) is 12.1 Å². The summed E-state index contributed by atoms with van der Waals surface area (Å²) in [6, 6.07) is 12.8. The van der Waals surface area contributed by atoms with Crippen molar-refractivity contribution in [2.24, 2.45) is 0 Å². The van der Waals surface area contributed by atoms with Crippen LogP contribution in [0.2, 0.25) is 0 Å². The number of fused-ring (bicyclic) bond motifs is 1. The van der Waals surface area contributed by atoms with Gasteiger partial charge < -0.3 is 10.1 Å². The average molecular weight is 375 g/mol. The Labute approximate surface area is 142 Å². The maximum absolute atomic E-state index is 12.3. The number of ether oxygens (including phenoxy) is 1. The molecule has 2 aromatic rings. The molecule has 23 heavy (non-hydrogen) atoms. The summed E-state index contributed by atoms with van der Waals surface area (Å²) in [6.45, 7) is 1.81. The maximum atomic E-state index is 12.3. The van der Waals surface area contributed by atoms with E-state index in [0.29, 0.717) is 11.4 Å². The molecule has 0 aliphatic carbocycles. The van der Waals surface area contributed by atoms with E-state index in [4.69, 9.17) is 4.74 Å². The van der Waals surface area contributed by atoms with Crippen LogP contribution in [0.5, 0.6) is 5.75 Å². The largest absolute Gasteiger partial charge is 0.482 e. The summed E-state index contributed by atoms with van der Waals surface area (Å²) in [5.41, 5.74) is 2.29. The second-order valence-electron chi connectivity index (χ2n) is 5.24. The van der Waals surface area contributed by atoms with Crippen molar-refractivity contribution in [1.29, 1.82) is 0 Å². The Balaban J connectivity index is 1.76. The molecule has 1 aliphatic heterocycles. The number of nitrogens with zero attached hydrogens (tertiary/aromatic N) is 1. The zero-order valence-electron chi connectivity index (χ0n) is 12.5. The maximum Gasteiger partial charge on any atom is 0.265 e. The lowest BCUT2D eigenvalue weighted by molar-refractivity contribution is -0.123. The quantitative estimate of drug-likeness (QED) is 0.897. The molecule has 0 saturated heterocycles. The van der Waals surface area contributed by atoms with Crippen molar-refractivity contribution in [3.8, 4) is 5.75 Å². The smallest absolute Gasteiger partial charge is 0.265 e. The van der Waals surface area contributed by atoms with Crippen LogP contribution < -0.4 is 15.0 Å². The fourth-order valence-electron chi connectivity index (χ4n) is 2.43. The van der Waals surface area contributed by atoms with E-state index in [-0.39, 0.29) is 25.0 Å². The molecule has 0 unspecified atom stereocenters. The Morgan fingerprint density at radius 3 is 2.87 bits per heavy atom. The van der Waals surface area contributed by atoms with Crippen LogP contribution in [0.15, 0.2) is 46.9 Å². The standard InChI is InChI=1S/C17H15BrN2O3/c1-11-8-12(18)6-7-13(11)19-16(21)9-20-14-4-2-3-5-15(14)23-10-17(20)22/h2-8H,9-10H2,1H3,(H,19,21). The molecule has 0 fully saturated rings. The third kappa shape index (κ3) is 3.37. The number of carbonyl (C=O) groups is 2. The third-order valence-electron chi connectivity index (χ3n) is 3.57. The van der Waals surface area contributed by atoms with Gasteiger partial charge in [-0.25, -0.2) is 0 Å². The van der Waals surface area contributed by atoms with Crippen molar-refractivity contribution in [3.05, 3.63) is 52.5 Å². The molecule has 1 N–H and O–H groups in total. The van der Waals surface area contributed by atoms with Crippen LogP contribution in [0.1, 0.15) is 5.56 Å². The number of carbonyl (C=O) groups excluding carboxylic acids is 2. The van der Waals surface area contributed by atoms with Crippen LogP contribution in [0.25, 0.3) is 0 Å². The minimum Gasteiger partial charge on any atom is -0.482 e. The number of benzene rings is 2. The van der Waals surface area contributed by atoms with Crippen molar-refractivity contribution in [2.45, 2.75) is 6.92 Å². The normalized spacial score (nSPS) is 13.3. The fraction of sp³-hybridized carbons (Fsp3) is 0.176. The molecule has 2 amide bonds. The minimum atomic E-state index is -0.250. The van der Waals surface area contributed by atoms with Crippen molar-refractivity contribution in [1.82, 2.24) is 0 Å². The van der Waals surface area contributed by atoms with Crippen molar-refractivity contribution in [3.63, 3.8) is 0 Å². The van der Waals surface area contributed by atoms with Crippen LogP contribution in [-0.4, -0.2) is 25.0 Å². The van der Waals surface area contributed by atoms with Gasteiger partial charge in [0.15, 0.2) is 6.61 Å². The van der Waals surface area contributed by atoms with Gasteiger partial charge in [-0.2, -0.15) is 0 Å². The Bertz CT molecular complexity index is 776. The Morgan fingerprint density at radius 1 is 1.30 bits per heavy atom. The van der Waals surface area contributed by atoms with Gasteiger partial charge in [-0.05, 0) is 42.8 Å². The minimum absolute atomic E-state index is 0.0469. The topological polar surface area (TPSA) is 58.6 Å². The fourth-order valence-corrected chi connectivity index (χ4v) is 2.90. The zero-order valence-corrected chi connectivity index (χ0v) is 14.1. The predicted octanol–water partition coefficient (Wildman–Crippen LogP) is 3.12. The number of para-hydroxylation sites is 2. The summed E-state index contributed by atoms with van der Waals surface area (Å²) in [5.74, 6) is 0.131. The summed E-state index contributed by atoms with van der Waals surface area (Å²) in [5, 5.41) is 2.84. The van der Waals surface area contributed by atoms with Crippen LogP contribution in [0, 0.1) is 6.92 Å². The van der Waals surface area contributed by atoms with E-state index in [9.17, 15) is 9.59 Å². The number of rotatable bonds is 3. The number of amides is 2. The predicted molar refractivity (Wildman–Crippen MR) is 91.8 cm³/mol. The molecule has 1 aliphatic rings. The third-order valence-corrected chi connectivity index (χ3v) is 4.07. The number of halogens is 1. The highest BCUT2D eigenvalue weighted by Gasteiger charge is 2.27. The van der Waals surface area contributed by atoms with Gasteiger partial charge in [-0.3, -0.25) is 14.5 Å². The lowest BCUT2D eigenvalue weighted by atomic mass is 10.2. The lowest BCUT2D eigenvalue weighted by Crippen LogP contribution is -2.43. The molecule has 118 valence electrons. The molecule has 0 aromatic heterocycles. The number of hydrogen-bond acceptors (Lipinski definition) is 3. The molecule has 3 rings (SSSR count). The number of nitrogens with one attached hydrogen (secondary N) is 1. The summed E-state index contributed by atoms with van der Waals surface area (Å²) in [4.78, 5) is 25.8. The van der Waals surface area contributed by atoms with Crippen LogP contribution in [-0.2, 0) is 9.59 Å². The summed E-state index contributed by atoms with van der Waals surface area (Å²) < 4.78 is 6.32. The Kier molecular flexibility index (Phi) is 4.34. The summed E-state index contributed by atoms with van der Waals surface area (Å²) in [6.07, 6.45) is 0. The molecule has 5 nitrogen and oxygen atoms in total. The van der Waals surface area contributed by atoms with Gasteiger partial charge in [-0.1, -0.05) is 28.1 Å². The second-order valence-corrected chi connectivity index (χ2v) is 6.16. The Morgan fingerprint density at radius 2 is 2.09 bits per heavy atom. The highest BCUT2D eigenvalue weighted by atomic mass is 79.9. The molecule has 0 atom stereocenters. The molecule has 6 heteroatoms. The molecule has 1 heterocycles. The first kappa shape index (κ1) is 15.6. The number of aryl methyl sites for hydroxylation is 1. The van der Waals surface area contributed by atoms with Gasteiger partial charge in [0.2, 0.25) is 5.91 Å². The van der Waals surface area contributed by atoms with Crippen molar-refractivity contribution >= 4 is 39.1 Å². The van der Waals surface area contributed by atoms with E-state index in [1.165, 1.54) is 4.90 Å². The van der Waals surface area contributed by atoms with Gasteiger partial charge in [0.25, 0.3) is 5.91 Å². The first-order chi connectivity index (χ1) is 11.0. The van der Waals surface area contributed by atoms with Crippen molar-refractivity contribution in [2.75, 3.05) is 23.4 Å². The van der Waals surface area contributed by atoms with E-state index < -0.39 is 0 Å². The van der Waals surface area contributed by atoms with Crippen molar-refractivity contribution < 1.29 is 14.3 Å². The van der Waals surface area contributed by atoms with Crippen LogP contribution in [0.4, 0.5) is 11.4 Å². The average Bonchev–Trinajstić information content (AvgIpc) is 2.53. The number of anilines is 2. The monoisotopic (exact) mass is 374 g/mol. The van der Waals surface area contributed by atoms with Gasteiger partial charge >= 0.3 is 0 Å². The molecule has 0 saturated carbocycles. The molecule has 2 aromatic carbocycles. The SMILES string of the molecule is Cc1cc(Br)ccc1NC(=O)CN1C(=O)COc2ccccc21. The molecule has 0 radical (unpaired) electrons. The highest BCUT2D eigenvalue weighted by molar-refractivity contribution is 9.10. The van der Waals surface area contributed by atoms with E-state index in [1.807, 2.05) is 37.3 Å². The highest BCUT2D eigenvalue weighted by Crippen LogP contribution is 2.31.